The summed E-state index contributed by atoms with van der Waals surface area (Å²) in [6.45, 7) is 3.75. The van der Waals surface area contributed by atoms with E-state index in [9.17, 15) is 14.2 Å². The first-order chi connectivity index (χ1) is 17.0. The molecule has 0 bridgehead atoms. The van der Waals surface area contributed by atoms with Crippen molar-refractivity contribution in [2.45, 2.75) is 20.4 Å². The van der Waals surface area contributed by atoms with Crippen LogP contribution in [0.25, 0.3) is 5.31 Å². The normalized spacial score (nSPS) is 11.9. The molecule has 2 amide bonds. The lowest BCUT2D eigenvalue weighted by Crippen LogP contribution is -2.35. The third kappa shape index (κ3) is 6.99. The Hall–Kier alpha value is -3.51. The fourth-order valence-corrected chi connectivity index (χ4v) is 5.32. The highest BCUT2D eigenvalue weighted by Crippen LogP contribution is 2.61. The van der Waals surface area contributed by atoms with Crippen LogP contribution in [-0.2, 0) is 25.0 Å². The van der Waals surface area contributed by atoms with Crippen LogP contribution in [0.5, 0.6) is 0 Å². The van der Waals surface area contributed by atoms with Gasteiger partial charge < -0.3 is 19.7 Å². The zero-order valence-corrected chi connectivity index (χ0v) is 20.7. The molecule has 182 valence electrons. The molecule has 7 nitrogen and oxygen atoms in total. The average Bonchev–Trinajstić information content (AvgIpc) is 2.89. The summed E-state index contributed by atoms with van der Waals surface area (Å²) >= 11 is 0. The standard InChI is InChI=1S/C27H29N2O5P/c1-3-33-35(32,34-4-2)25(22-16-10-6-11-17-22)24(29-26(30)23-18-12-7-13-19-23)27(31)28-20-21-14-8-5-9-15-21/h5-19H,3-4,20H2,1-2H3,(H,28,31)(H,29,30)/b25-24-. The Kier molecular flexibility index (Phi) is 9.56. The first kappa shape index (κ1) is 26.1. The number of carbonyl (C=O) groups is 2. The van der Waals surface area contributed by atoms with Crippen LogP contribution in [0, 0.1) is 0 Å². The van der Waals surface area contributed by atoms with Gasteiger partial charge >= 0.3 is 7.60 Å². The van der Waals surface area contributed by atoms with Crippen molar-refractivity contribution in [2.24, 2.45) is 0 Å². The monoisotopic (exact) mass is 492 g/mol. The van der Waals surface area contributed by atoms with Gasteiger partial charge in [0, 0.05) is 12.1 Å². The Labute approximate surface area is 205 Å². The van der Waals surface area contributed by atoms with Crippen LogP contribution in [-0.4, -0.2) is 25.0 Å². The van der Waals surface area contributed by atoms with Gasteiger partial charge in [-0.25, -0.2) is 0 Å². The third-order valence-corrected chi connectivity index (χ3v) is 7.18. The van der Waals surface area contributed by atoms with E-state index in [0.717, 1.165) is 5.56 Å². The fourth-order valence-electron chi connectivity index (χ4n) is 3.41. The average molecular weight is 493 g/mol. The van der Waals surface area contributed by atoms with Crippen molar-refractivity contribution in [3.63, 3.8) is 0 Å². The van der Waals surface area contributed by atoms with Crippen LogP contribution in [0.4, 0.5) is 0 Å². The molecule has 0 atom stereocenters. The van der Waals surface area contributed by atoms with E-state index in [4.69, 9.17) is 9.05 Å². The summed E-state index contributed by atoms with van der Waals surface area (Å²) in [7, 11) is -4.00. The molecule has 0 spiro atoms. The molecule has 3 rings (SSSR count). The summed E-state index contributed by atoms with van der Waals surface area (Å²) in [5.74, 6) is -1.14. The summed E-state index contributed by atoms with van der Waals surface area (Å²) < 4.78 is 25.2. The minimum Gasteiger partial charge on any atom is -0.347 e. The predicted molar refractivity (Wildman–Crippen MR) is 136 cm³/mol. The summed E-state index contributed by atoms with van der Waals surface area (Å²) in [6.07, 6.45) is 0. The molecule has 0 aliphatic carbocycles. The highest BCUT2D eigenvalue weighted by atomic mass is 31.2. The van der Waals surface area contributed by atoms with Crippen molar-refractivity contribution in [3.8, 4) is 0 Å². The lowest BCUT2D eigenvalue weighted by atomic mass is 10.1. The maximum Gasteiger partial charge on any atom is 0.364 e. The van der Waals surface area contributed by atoms with Crippen LogP contribution < -0.4 is 10.6 Å². The van der Waals surface area contributed by atoms with Crippen molar-refractivity contribution in [1.29, 1.82) is 0 Å². The number of nitrogens with one attached hydrogen (secondary N) is 2. The molecule has 3 aromatic carbocycles. The lowest BCUT2D eigenvalue weighted by Gasteiger charge is -2.24. The smallest absolute Gasteiger partial charge is 0.347 e. The van der Waals surface area contributed by atoms with Crippen LogP contribution >= 0.6 is 7.60 Å². The summed E-state index contributed by atoms with van der Waals surface area (Å²) in [4.78, 5) is 26.7. The highest BCUT2D eigenvalue weighted by molar-refractivity contribution is 7.65. The minimum atomic E-state index is -4.00. The van der Waals surface area contributed by atoms with Gasteiger partial charge in [-0.1, -0.05) is 78.9 Å². The van der Waals surface area contributed by atoms with Gasteiger partial charge in [-0.15, -0.1) is 0 Å². The second kappa shape index (κ2) is 12.8. The van der Waals surface area contributed by atoms with E-state index in [1.807, 2.05) is 30.3 Å². The number of carbonyl (C=O) groups excluding carboxylic acids is 2. The molecule has 0 unspecified atom stereocenters. The predicted octanol–water partition coefficient (Wildman–Crippen LogP) is 5.37. The van der Waals surface area contributed by atoms with Gasteiger partial charge in [0.1, 0.15) is 11.0 Å². The van der Waals surface area contributed by atoms with Crippen molar-refractivity contribution >= 4 is 24.7 Å². The quantitative estimate of drug-likeness (QED) is 0.277. The molecular weight excluding hydrogens is 463 g/mol. The van der Waals surface area contributed by atoms with Crippen molar-refractivity contribution in [1.82, 2.24) is 10.6 Å². The van der Waals surface area contributed by atoms with Crippen molar-refractivity contribution < 1.29 is 23.2 Å². The van der Waals surface area contributed by atoms with E-state index in [-0.39, 0.29) is 30.8 Å². The van der Waals surface area contributed by atoms with E-state index in [1.54, 1.807) is 74.5 Å². The summed E-state index contributed by atoms with van der Waals surface area (Å²) in [6, 6.07) is 26.5. The number of amides is 2. The highest BCUT2D eigenvalue weighted by Gasteiger charge is 2.37. The molecule has 8 heteroatoms. The molecule has 0 saturated carbocycles. The molecule has 0 fully saturated rings. The van der Waals surface area contributed by atoms with Gasteiger partial charge in [0.15, 0.2) is 0 Å². The molecule has 0 saturated heterocycles. The molecule has 0 radical (unpaired) electrons. The topological polar surface area (TPSA) is 93.7 Å². The Bertz CT molecular complexity index is 1190. The number of hydrogen-bond acceptors (Lipinski definition) is 5. The van der Waals surface area contributed by atoms with Crippen LogP contribution in [0.1, 0.15) is 35.3 Å². The molecule has 35 heavy (non-hydrogen) atoms. The maximum atomic E-state index is 14.0. The van der Waals surface area contributed by atoms with Crippen molar-refractivity contribution in [3.05, 3.63) is 113 Å². The van der Waals surface area contributed by atoms with Gasteiger partial charge in [-0.2, -0.15) is 0 Å². The Morgan fingerprint density at radius 1 is 0.743 bits per heavy atom. The molecule has 0 aromatic heterocycles. The molecule has 0 heterocycles. The zero-order valence-electron chi connectivity index (χ0n) is 19.8. The van der Waals surface area contributed by atoms with Gasteiger partial charge in [0.25, 0.3) is 11.8 Å². The van der Waals surface area contributed by atoms with E-state index in [2.05, 4.69) is 10.6 Å². The van der Waals surface area contributed by atoms with Gasteiger partial charge in [0.2, 0.25) is 0 Å². The van der Waals surface area contributed by atoms with E-state index in [1.165, 1.54) is 0 Å². The van der Waals surface area contributed by atoms with Gasteiger partial charge in [-0.3, -0.25) is 14.2 Å². The summed E-state index contributed by atoms with van der Waals surface area (Å²) in [5, 5.41) is 5.50. The second-order valence-electron chi connectivity index (χ2n) is 7.41. The van der Waals surface area contributed by atoms with Crippen LogP contribution in [0.15, 0.2) is 96.7 Å². The molecular formula is C27H29N2O5P. The van der Waals surface area contributed by atoms with Gasteiger partial charge in [0.05, 0.1) is 13.2 Å². The maximum absolute atomic E-state index is 14.0. The zero-order chi connectivity index (χ0) is 25.1. The number of benzene rings is 3. The molecule has 0 aliphatic rings. The summed E-state index contributed by atoms with van der Waals surface area (Å²) in [5.41, 5.74) is 1.46. The second-order valence-corrected chi connectivity index (χ2v) is 9.37. The van der Waals surface area contributed by atoms with E-state index >= 15 is 0 Å². The minimum absolute atomic E-state index is 0.00311. The Morgan fingerprint density at radius 2 is 1.23 bits per heavy atom. The van der Waals surface area contributed by atoms with Crippen LogP contribution in [0.2, 0.25) is 0 Å². The number of rotatable bonds is 11. The fraction of sp³-hybridized carbons (Fsp3) is 0.185. The van der Waals surface area contributed by atoms with E-state index in [0.29, 0.717) is 11.1 Å². The SMILES string of the molecule is CCOP(=O)(OCC)/C(=C(\NC(=O)c1ccccc1)C(=O)NCc1ccccc1)c1ccccc1. The molecule has 3 aromatic rings. The molecule has 0 aliphatic heterocycles. The number of hydrogen-bond donors (Lipinski definition) is 2. The van der Waals surface area contributed by atoms with Gasteiger partial charge in [-0.05, 0) is 37.1 Å². The molecule has 2 N–H and O–H groups in total. The van der Waals surface area contributed by atoms with Crippen molar-refractivity contribution in [2.75, 3.05) is 13.2 Å². The lowest BCUT2D eigenvalue weighted by molar-refractivity contribution is -0.117. The largest absolute Gasteiger partial charge is 0.364 e. The first-order valence-corrected chi connectivity index (χ1v) is 12.9. The third-order valence-electron chi connectivity index (χ3n) is 4.95. The first-order valence-electron chi connectivity index (χ1n) is 11.4. The van der Waals surface area contributed by atoms with Crippen LogP contribution in [0.3, 0.4) is 0 Å². The van der Waals surface area contributed by atoms with E-state index < -0.39 is 19.4 Å². The Balaban J connectivity index is 2.14. The Morgan fingerprint density at radius 3 is 1.74 bits per heavy atom.